The highest BCUT2D eigenvalue weighted by Crippen LogP contribution is 2.18. The minimum absolute atomic E-state index is 0.103. The van der Waals surface area contributed by atoms with E-state index in [0.717, 1.165) is 6.42 Å². The minimum Gasteiger partial charge on any atom is -0.484 e. The van der Waals surface area contributed by atoms with Gasteiger partial charge in [-0.15, -0.1) is 0 Å². The van der Waals surface area contributed by atoms with E-state index in [-0.39, 0.29) is 12.5 Å². The lowest BCUT2D eigenvalue weighted by Gasteiger charge is -2.22. The maximum Gasteiger partial charge on any atom is 0.261 e. The summed E-state index contributed by atoms with van der Waals surface area (Å²) in [6, 6.07) is 6.28. The zero-order chi connectivity index (χ0) is 13.8. The van der Waals surface area contributed by atoms with Crippen LogP contribution in [-0.4, -0.2) is 35.9 Å². The van der Waals surface area contributed by atoms with E-state index >= 15 is 0 Å². The number of likely N-dealkylation sites (tertiary alicyclic amines) is 1. The summed E-state index contributed by atoms with van der Waals surface area (Å²) in [4.78, 5) is 24.7. The predicted octanol–water partition coefficient (Wildman–Crippen LogP) is 0.124. The summed E-state index contributed by atoms with van der Waals surface area (Å²) in [7, 11) is 0. The summed E-state index contributed by atoms with van der Waals surface area (Å²) in [5.41, 5.74) is 11.4. The van der Waals surface area contributed by atoms with Gasteiger partial charge in [0.1, 0.15) is 11.8 Å². The highest BCUT2D eigenvalue weighted by atomic mass is 16.5. The van der Waals surface area contributed by atoms with Gasteiger partial charge in [0.05, 0.1) is 0 Å². The van der Waals surface area contributed by atoms with Crippen LogP contribution in [0.4, 0.5) is 5.69 Å². The number of nitrogens with two attached hydrogens (primary N) is 2. The molecule has 1 aliphatic heterocycles. The minimum atomic E-state index is -0.498. The molecule has 0 aromatic heterocycles. The molecule has 6 heteroatoms. The van der Waals surface area contributed by atoms with Crippen LogP contribution in [0.5, 0.6) is 5.75 Å². The Morgan fingerprint density at radius 2 is 2.00 bits per heavy atom. The van der Waals surface area contributed by atoms with Gasteiger partial charge in [-0.3, -0.25) is 9.59 Å². The highest BCUT2D eigenvalue weighted by Gasteiger charge is 2.32. The number of hydrogen-bond donors (Lipinski definition) is 2. The number of benzene rings is 1. The first-order valence-corrected chi connectivity index (χ1v) is 6.15. The molecule has 1 heterocycles. The first-order valence-electron chi connectivity index (χ1n) is 6.15. The smallest absolute Gasteiger partial charge is 0.261 e. The third-order valence-electron chi connectivity index (χ3n) is 3.14. The van der Waals surface area contributed by atoms with Crippen LogP contribution in [-0.2, 0) is 9.59 Å². The normalized spacial score (nSPS) is 18.3. The molecule has 0 saturated carbocycles. The Kier molecular flexibility index (Phi) is 3.89. The fourth-order valence-corrected chi connectivity index (χ4v) is 2.15. The molecule has 2 amide bonds. The van der Waals surface area contributed by atoms with Gasteiger partial charge in [0, 0.05) is 12.2 Å². The lowest BCUT2D eigenvalue weighted by atomic mass is 10.2. The van der Waals surface area contributed by atoms with Gasteiger partial charge >= 0.3 is 0 Å². The summed E-state index contributed by atoms with van der Waals surface area (Å²) >= 11 is 0. The molecule has 0 bridgehead atoms. The number of nitrogens with zero attached hydrogens (tertiary/aromatic N) is 1. The second-order valence-corrected chi connectivity index (χ2v) is 4.51. The Morgan fingerprint density at radius 1 is 1.32 bits per heavy atom. The third kappa shape index (κ3) is 3.15. The summed E-state index contributed by atoms with van der Waals surface area (Å²) in [6.45, 7) is 0.450. The Bertz CT molecular complexity index is 473. The molecule has 1 aliphatic rings. The van der Waals surface area contributed by atoms with Crippen molar-refractivity contribution in [2.24, 2.45) is 5.73 Å². The van der Waals surface area contributed by atoms with E-state index in [2.05, 4.69) is 0 Å². The molecule has 1 atom stereocenters. The van der Waals surface area contributed by atoms with Gasteiger partial charge in [-0.2, -0.15) is 0 Å². The van der Waals surface area contributed by atoms with Crippen molar-refractivity contribution >= 4 is 17.5 Å². The van der Waals surface area contributed by atoms with Gasteiger partial charge in [0.15, 0.2) is 6.61 Å². The molecule has 6 nitrogen and oxygen atoms in total. The van der Waals surface area contributed by atoms with Crippen LogP contribution in [0.25, 0.3) is 0 Å². The molecule has 0 radical (unpaired) electrons. The van der Waals surface area contributed by atoms with E-state index in [1.165, 1.54) is 4.90 Å². The van der Waals surface area contributed by atoms with Crippen molar-refractivity contribution in [1.82, 2.24) is 4.90 Å². The predicted molar refractivity (Wildman–Crippen MR) is 70.3 cm³/mol. The quantitative estimate of drug-likeness (QED) is 0.754. The SMILES string of the molecule is NC(=O)C1CCCN1C(=O)COc1ccc(N)cc1. The van der Waals surface area contributed by atoms with Crippen molar-refractivity contribution < 1.29 is 14.3 Å². The largest absolute Gasteiger partial charge is 0.484 e. The van der Waals surface area contributed by atoms with Crippen LogP contribution in [0.15, 0.2) is 24.3 Å². The lowest BCUT2D eigenvalue weighted by Crippen LogP contribution is -2.45. The summed E-state index contributed by atoms with van der Waals surface area (Å²) in [5, 5.41) is 0. The summed E-state index contributed by atoms with van der Waals surface area (Å²) < 4.78 is 5.36. The van der Waals surface area contributed by atoms with Crippen molar-refractivity contribution in [3.05, 3.63) is 24.3 Å². The fraction of sp³-hybridized carbons (Fsp3) is 0.385. The van der Waals surface area contributed by atoms with E-state index in [1.807, 2.05) is 0 Å². The number of nitrogen functional groups attached to an aromatic ring is 1. The molecule has 1 saturated heterocycles. The van der Waals surface area contributed by atoms with E-state index in [0.29, 0.717) is 24.4 Å². The second kappa shape index (κ2) is 5.60. The lowest BCUT2D eigenvalue weighted by molar-refractivity contribution is -0.138. The number of anilines is 1. The Balaban J connectivity index is 1.90. The van der Waals surface area contributed by atoms with Crippen molar-refractivity contribution in [3.8, 4) is 5.75 Å². The van der Waals surface area contributed by atoms with Gasteiger partial charge in [0.2, 0.25) is 5.91 Å². The molecule has 1 aromatic rings. The van der Waals surface area contributed by atoms with E-state index < -0.39 is 11.9 Å². The number of amides is 2. The van der Waals surface area contributed by atoms with Gasteiger partial charge in [0.25, 0.3) is 5.91 Å². The Labute approximate surface area is 111 Å². The zero-order valence-electron chi connectivity index (χ0n) is 10.5. The average molecular weight is 263 g/mol. The van der Waals surface area contributed by atoms with Gasteiger partial charge in [-0.05, 0) is 37.1 Å². The van der Waals surface area contributed by atoms with Crippen molar-refractivity contribution in [2.45, 2.75) is 18.9 Å². The molecule has 102 valence electrons. The number of carbonyl (C=O) groups excluding carboxylic acids is 2. The molecule has 0 spiro atoms. The topological polar surface area (TPSA) is 98.7 Å². The fourth-order valence-electron chi connectivity index (χ4n) is 2.15. The molecule has 2 rings (SSSR count). The first kappa shape index (κ1) is 13.2. The molecule has 4 N–H and O–H groups in total. The van der Waals surface area contributed by atoms with Crippen molar-refractivity contribution in [1.29, 1.82) is 0 Å². The number of carbonyl (C=O) groups is 2. The number of primary amides is 1. The molecule has 1 fully saturated rings. The molecule has 1 aromatic carbocycles. The van der Waals surface area contributed by atoms with Crippen LogP contribution in [0.2, 0.25) is 0 Å². The van der Waals surface area contributed by atoms with Gasteiger partial charge < -0.3 is 21.1 Å². The van der Waals surface area contributed by atoms with E-state index in [9.17, 15) is 9.59 Å². The molecular formula is C13H17N3O3. The maximum absolute atomic E-state index is 12.0. The van der Waals surface area contributed by atoms with E-state index in [1.54, 1.807) is 24.3 Å². The number of hydrogen-bond acceptors (Lipinski definition) is 4. The van der Waals surface area contributed by atoms with Crippen LogP contribution in [0.3, 0.4) is 0 Å². The van der Waals surface area contributed by atoms with Crippen LogP contribution < -0.4 is 16.2 Å². The molecular weight excluding hydrogens is 246 g/mol. The van der Waals surface area contributed by atoms with Crippen LogP contribution in [0.1, 0.15) is 12.8 Å². The molecule has 1 unspecified atom stereocenters. The molecule has 19 heavy (non-hydrogen) atoms. The van der Waals surface area contributed by atoms with Gasteiger partial charge in [-0.1, -0.05) is 0 Å². The number of ether oxygens (including phenoxy) is 1. The second-order valence-electron chi connectivity index (χ2n) is 4.51. The zero-order valence-corrected chi connectivity index (χ0v) is 10.5. The standard InChI is InChI=1S/C13H17N3O3/c14-9-3-5-10(6-4-9)19-8-12(17)16-7-1-2-11(16)13(15)18/h3-6,11H,1-2,7-8,14H2,(H2,15,18). The summed E-state index contributed by atoms with van der Waals surface area (Å²) in [5.74, 6) is -0.117. The van der Waals surface area contributed by atoms with E-state index in [4.69, 9.17) is 16.2 Å². The number of rotatable bonds is 4. The maximum atomic E-state index is 12.0. The van der Waals surface area contributed by atoms with Crippen LogP contribution in [0, 0.1) is 0 Å². The monoisotopic (exact) mass is 263 g/mol. The molecule has 0 aliphatic carbocycles. The van der Waals surface area contributed by atoms with Crippen molar-refractivity contribution in [2.75, 3.05) is 18.9 Å². The Hall–Kier alpha value is -2.24. The Morgan fingerprint density at radius 3 is 2.63 bits per heavy atom. The average Bonchev–Trinajstić information content (AvgIpc) is 2.87. The summed E-state index contributed by atoms with van der Waals surface area (Å²) in [6.07, 6.45) is 1.42. The highest BCUT2D eigenvalue weighted by molar-refractivity contribution is 5.87. The van der Waals surface area contributed by atoms with Crippen LogP contribution >= 0.6 is 0 Å². The third-order valence-corrected chi connectivity index (χ3v) is 3.14. The first-order chi connectivity index (χ1) is 9.08. The van der Waals surface area contributed by atoms with Crippen molar-refractivity contribution in [3.63, 3.8) is 0 Å². The van der Waals surface area contributed by atoms with Gasteiger partial charge in [-0.25, -0.2) is 0 Å².